The molecule has 1 aliphatic rings. The summed E-state index contributed by atoms with van der Waals surface area (Å²) < 4.78 is 8.19. The first-order valence-electron chi connectivity index (χ1n) is 9.07. The van der Waals surface area contributed by atoms with Gasteiger partial charge >= 0.3 is 0 Å². The van der Waals surface area contributed by atoms with Crippen LogP contribution in [0.4, 0.5) is 0 Å². The van der Waals surface area contributed by atoms with Crippen molar-refractivity contribution in [3.05, 3.63) is 40.8 Å². The van der Waals surface area contributed by atoms with E-state index in [1.807, 2.05) is 24.5 Å². The third kappa shape index (κ3) is 2.68. The molecule has 1 unspecified atom stereocenters. The lowest BCUT2D eigenvalue weighted by Crippen LogP contribution is -2.26. The molecule has 0 aliphatic carbocycles. The van der Waals surface area contributed by atoms with Crippen molar-refractivity contribution in [1.82, 2.24) is 19.6 Å². The van der Waals surface area contributed by atoms with Crippen LogP contribution in [0.25, 0.3) is 27.3 Å². The third-order valence-electron chi connectivity index (χ3n) is 5.14. The van der Waals surface area contributed by atoms with Crippen molar-refractivity contribution in [2.75, 3.05) is 6.26 Å². The van der Waals surface area contributed by atoms with Gasteiger partial charge in [0.05, 0.1) is 18.1 Å². The highest BCUT2D eigenvalue weighted by molar-refractivity contribution is 7.98. The van der Waals surface area contributed by atoms with Gasteiger partial charge in [-0.25, -0.2) is 4.98 Å². The highest BCUT2D eigenvalue weighted by Crippen LogP contribution is 2.40. The molecule has 27 heavy (non-hydrogen) atoms. The molecule has 4 heterocycles. The summed E-state index contributed by atoms with van der Waals surface area (Å²) in [6.45, 7) is 5.10. The van der Waals surface area contributed by atoms with Crippen LogP contribution in [0.2, 0.25) is 0 Å². The van der Waals surface area contributed by atoms with Crippen LogP contribution in [0, 0.1) is 5.92 Å². The number of thioether (sulfide) groups is 1. The zero-order valence-electron chi connectivity index (χ0n) is 15.5. The molecule has 3 aromatic heterocycles. The van der Waals surface area contributed by atoms with Crippen molar-refractivity contribution in [3.8, 4) is 11.4 Å². The molecular weight excluding hydrogens is 376 g/mol. The molecule has 7 heteroatoms. The van der Waals surface area contributed by atoms with Crippen molar-refractivity contribution < 1.29 is 4.74 Å². The number of benzene rings is 1. The SMILES string of the molecule is CSc1nnc2c3c4c(sc3nc(-c3ccccc3)n12)COC(C(C)C)C4. The zero-order valence-corrected chi connectivity index (χ0v) is 17.1. The second-order valence-electron chi connectivity index (χ2n) is 7.13. The Morgan fingerprint density at radius 2 is 2.04 bits per heavy atom. The van der Waals surface area contributed by atoms with Crippen molar-refractivity contribution >= 4 is 39.0 Å². The van der Waals surface area contributed by atoms with Gasteiger partial charge in [0, 0.05) is 16.9 Å². The Balaban J connectivity index is 1.82. The molecule has 1 atom stereocenters. The summed E-state index contributed by atoms with van der Waals surface area (Å²) in [5.41, 5.74) is 3.32. The summed E-state index contributed by atoms with van der Waals surface area (Å²) in [7, 11) is 0. The van der Waals surface area contributed by atoms with Gasteiger partial charge in [-0.2, -0.15) is 0 Å². The number of aromatic nitrogens is 4. The summed E-state index contributed by atoms with van der Waals surface area (Å²) in [5.74, 6) is 1.38. The minimum Gasteiger partial charge on any atom is -0.372 e. The van der Waals surface area contributed by atoms with Gasteiger partial charge in [0.1, 0.15) is 10.7 Å². The molecule has 0 bridgehead atoms. The van der Waals surface area contributed by atoms with E-state index in [2.05, 4.69) is 40.6 Å². The first kappa shape index (κ1) is 17.2. The first-order chi connectivity index (χ1) is 13.2. The number of ether oxygens (including phenoxy) is 1. The lowest BCUT2D eigenvalue weighted by Gasteiger charge is -2.26. The number of nitrogens with zero attached hydrogens (tertiary/aromatic N) is 4. The number of hydrogen-bond acceptors (Lipinski definition) is 6. The van der Waals surface area contributed by atoms with Crippen molar-refractivity contribution in [2.24, 2.45) is 5.92 Å². The minimum atomic E-state index is 0.243. The van der Waals surface area contributed by atoms with Gasteiger partial charge in [-0.1, -0.05) is 55.9 Å². The Morgan fingerprint density at radius 1 is 1.22 bits per heavy atom. The average Bonchev–Trinajstić information content (AvgIpc) is 3.28. The van der Waals surface area contributed by atoms with Crippen LogP contribution in [0.15, 0.2) is 35.5 Å². The lowest BCUT2D eigenvalue weighted by molar-refractivity contribution is 0.00203. The fourth-order valence-corrected chi connectivity index (χ4v) is 5.29. The molecule has 0 radical (unpaired) electrons. The maximum Gasteiger partial charge on any atom is 0.197 e. The minimum absolute atomic E-state index is 0.243. The van der Waals surface area contributed by atoms with Crippen LogP contribution in [-0.4, -0.2) is 31.9 Å². The fourth-order valence-electron chi connectivity index (χ4n) is 3.69. The monoisotopic (exact) mass is 396 g/mol. The number of rotatable bonds is 3. The summed E-state index contributed by atoms with van der Waals surface area (Å²) in [4.78, 5) is 7.36. The number of thiophene rings is 1. The molecular formula is C20H20N4OS2. The third-order valence-corrected chi connectivity index (χ3v) is 6.87. The molecule has 5 rings (SSSR count). The molecule has 5 nitrogen and oxygen atoms in total. The van der Waals surface area contributed by atoms with E-state index in [0.717, 1.165) is 38.8 Å². The van der Waals surface area contributed by atoms with Crippen LogP contribution in [0.5, 0.6) is 0 Å². The van der Waals surface area contributed by atoms with Crippen LogP contribution in [0.3, 0.4) is 0 Å². The van der Waals surface area contributed by atoms with E-state index in [1.165, 1.54) is 10.4 Å². The van der Waals surface area contributed by atoms with E-state index in [9.17, 15) is 0 Å². The van der Waals surface area contributed by atoms with Crippen LogP contribution >= 0.6 is 23.1 Å². The van der Waals surface area contributed by atoms with E-state index in [0.29, 0.717) is 12.5 Å². The summed E-state index contributed by atoms with van der Waals surface area (Å²) in [5, 5.41) is 11.0. The van der Waals surface area contributed by atoms with Gasteiger partial charge in [0.15, 0.2) is 10.8 Å². The molecule has 0 saturated heterocycles. The Morgan fingerprint density at radius 3 is 2.78 bits per heavy atom. The molecule has 0 fully saturated rings. The van der Waals surface area contributed by atoms with Gasteiger partial charge in [-0.05, 0) is 17.7 Å². The van der Waals surface area contributed by atoms with Crippen LogP contribution in [-0.2, 0) is 17.8 Å². The zero-order chi connectivity index (χ0) is 18.5. The molecule has 4 aromatic rings. The Labute approximate surface area is 165 Å². The standard InChI is InChI=1S/C20H20N4OS2/c1-11(2)14-9-13-15(10-25-14)27-19-16(13)18-22-23-20(26-3)24(18)17(21-19)12-7-5-4-6-8-12/h4-8,11,14H,9-10H2,1-3H3. The van der Waals surface area contributed by atoms with E-state index >= 15 is 0 Å². The van der Waals surface area contributed by atoms with E-state index in [1.54, 1.807) is 23.1 Å². The summed E-state index contributed by atoms with van der Waals surface area (Å²) in [6.07, 6.45) is 3.18. The molecule has 1 aliphatic heterocycles. The van der Waals surface area contributed by atoms with E-state index < -0.39 is 0 Å². The van der Waals surface area contributed by atoms with E-state index in [-0.39, 0.29) is 6.10 Å². The smallest absolute Gasteiger partial charge is 0.197 e. The normalized spacial score (nSPS) is 17.1. The predicted octanol–water partition coefficient (Wildman–Crippen LogP) is 4.83. The quantitative estimate of drug-likeness (QED) is 0.465. The van der Waals surface area contributed by atoms with Gasteiger partial charge in [-0.15, -0.1) is 21.5 Å². The molecule has 0 spiro atoms. The highest BCUT2D eigenvalue weighted by Gasteiger charge is 2.29. The largest absolute Gasteiger partial charge is 0.372 e. The Bertz CT molecular complexity index is 1130. The lowest BCUT2D eigenvalue weighted by atomic mass is 9.96. The molecule has 1 aromatic carbocycles. The maximum absolute atomic E-state index is 6.08. The topological polar surface area (TPSA) is 52.3 Å². The van der Waals surface area contributed by atoms with Gasteiger partial charge < -0.3 is 4.74 Å². The average molecular weight is 397 g/mol. The highest BCUT2D eigenvalue weighted by atomic mass is 32.2. The predicted molar refractivity (Wildman–Crippen MR) is 111 cm³/mol. The fraction of sp³-hybridized carbons (Fsp3) is 0.350. The molecule has 138 valence electrons. The Hall–Kier alpha value is -1.96. The molecule has 0 amide bonds. The second kappa shape index (κ2) is 6.58. The second-order valence-corrected chi connectivity index (χ2v) is 8.99. The summed E-state index contributed by atoms with van der Waals surface area (Å²) >= 11 is 3.33. The first-order valence-corrected chi connectivity index (χ1v) is 11.1. The van der Waals surface area contributed by atoms with Crippen molar-refractivity contribution in [3.63, 3.8) is 0 Å². The van der Waals surface area contributed by atoms with Gasteiger partial charge in [0.25, 0.3) is 0 Å². The summed E-state index contributed by atoms with van der Waals surface area (Å²) in [6, 6.07) is 10.3. The van der Waals surface area contributed by atoms with Crippen molar-refractivity contribution in [2.45, 2.75) is 38.1 Å². The van der Waals surface area contributed by atoms with Gasteiger partial charge in [0.2, 0.25) is 0 Å². The number of hydrogen-bond donors (Lipinski definition) is 0. The maximum atomic E-state index is 6.08. The molecule has 0 saturated carbocycles. The van der Waals surface area contributed by atoms with Crippen molar-refractivity contribution in [1.29, 1.82) is 0 Å². The van der Waals surface area contributed by atoms with Crippen LogP contribution in [0.1, 0.15) is 24.3 Å². The Kier molecular flexibility index (Phi) is 4.18. The van der Waals surface area contributed by atoms with Crippen LogP contribution < -0.4 is 0 Å². The van der Waals surface area contributed by atoms with E-state index in [4.69, 9.17) is 9.72 Å². The molecule has 0 N–H and O–H groups in total. The number of fused-ring (bicyclic) bond motifs is 5. The van der Waals surface area contributed by atoms with Gasteiger partial charge in [-0.3, -0.25) is 4.40 Å².